The van der Waals surface area contributed by atoms with Crippen LogP contribution < -0.4 is 4.90 Å². The third-order valence-electron chi connectivity index (χ3n) is 7.54. The van der Waals surface area contributed by atoms with Crippen molar-refractivity contribution in [3.05, 3.63) is 48.5 Å². The number of fused-ring (bicyclic) bond motifs is 2. The van der Waals surface area contributed by atoms with E-state index in [2.05, 4.69) is 56.5 Å². The maximum atomic E-state index is 13.1. The molecule has 38 heavy (non-hydrogen) atoms. The Labute approximate surface area is 224 Å². The summed E-state index contributed by atoms with van der Waals surface area (Å²) in [7, 11) is 0.634. The fourth-order valence-corrected chi connectivity index (χ4v) is 10.9. The summed E-state index contributed by atoms with van der Waals surface area (Å²) in [6, 6.07) is 9.07. The van der Waals surface area contributed by atoms with Crippen LogP contribution in [-0.4, -0.2) is 73.1 Å². The minimum Gasteiger partial charge on any atom is -0.391 e. The van der Waals surface area contributed by atoms with Crippen LogP contribution in [0.15, 0.2) is 43.0 Å². The number of ether oxygens (including phenoxy) is 2. The van der Waals surface area contributed by atoms with Gasteiger partial charge in [0.15, 0.2) is 23.2 Å². The van der Waals surface area contributed by atoms with E-state index in [4.69, 9.17) is 18.3 Å². The van der Waals surface area contributed by atoms with E-state index in [0.29, 0.717) is 29.2 Å². The van der Waals surface area contributed by atoms with Crippen molar-refractivity contribution < 1.29 is 23.1 Å². The van der Waals surface area contributed by atoms with Crippen LogP contribution in [0.3, 0.4) is 0 Å². The largest absolute Gasteiger partial charge is 0.391 e. The van der Waals surface area contributed by atoms with Gasteiger partial charge in [-0.05, 0) is 12.1 Å². The summed E-state index contributed by atoms with van der Waals surface area (Å²) in [5, 5.41) is -0.321. The predicted molar refractivity (Wildman–Crippen MR) is 145 cm³/mol. The molecule has 2 aromatic heterocycles. The molecular weight excluding hydrogens is 502 g/mol. The van der Waals surface area contributed by atoms with Gasteiger partial charge in [0.2, 0.25) is 0 Å². The van der Waals surface area contributed by atoms with Crippen molar-refractivity contribution in [1.29, 1.82) is 0 Å². The molecule has 0 bridgehead atoms. The number of carbonyl (C=O) groups excluding carboxylic acids is 1. The van der Waals surface area contributed by atoms with Crippen molar-refractivity contribution >= 4 is 31.4 Å². The number of hydrogen-bond donors (Lipinski definition) is 0. The molecule has 1 amide bonds. The van der Waals surface area contributed by atoms with Gasteiger partial charge < -0.3 is 18.3 Å². The lowest BCUT2D eigenvalue weighted by atomic mass is 10.1. The van der Waals surface area contributed by atoms with Crippen LogP contribution in [-0.2, 0) is 18.3 Å². The fourth-order valence-electron chi connectivity index (χ4n) is 5.94. The van der Waals surface area contributed by atoms with Crippen molar-refractivity contribution in [2.45, 2.75) is 76.2 Å². The van der Waals surface area contributed by atoms with E-state index in [1.54, 1.807) is 32.6 Å². The number of rotatable bonds is 4. The first-order valence-electron chi connectivity index (χ1n) is 12.9. The van der Waals surface area contributed by atoms with E-state index in [1.165, 1.54) is 11.2 Å². The average Bonchev–Trinajstić information content (AvgIpc) is 3.47. The van der Waals surface area contributed by atoms with Crippen molar-refractivity contribution in [2.75, 3.05) is 25.7 Å². The predicted octanol–water partition coefficient (Wildman–Crippen LogP) is 4.47. The molecule has 1 aromatic carbocycles. The Morgan fingerprint density at radius 3 is 2.39 bits per heavy atom. The Hall–Kier alpha value is -2.70. The normalized spacial score (nSPS) is 25.4. The van der Waals surface area contributed by atoms with E-state index in [1.807, 2.05) is 22.8 Å². The highest BCUT2D eigenvalue weighted by molar-refractivity contribution is 6.73. The second-order valence-electron chi connectivity index (χ2n) is 12.0. The van der Waals surface area contributed by atoms with Gasteiger partial charge in [-0.2, -0.15) is 0 Å². The summed E-state index contributed by atoms with van der Waals surface area (Å²) < 4.78 is 27.9. The van der Waals surface area contributed by atoms with Gasteiger partial charge >= 0.3 is 8.56 Å². The topological polar surface area (TPSA) is 101 Å². The summed E-state index contributed by atoms with van der Waals surface area (Å²) in [4.78, 5) is 28.1. The van der Waals surface area contributed by atoms with Gasteiger partial charge in [0.05, 0.1) is 12.9 Å². The molecular formula is C27H37N5O5Si. The molecule has 0 saturated carbocycles. The maximum absolute atomic E-state index is 13.1. The van der Waals surface area contributed by atoms with Crippen LogP contribution in [0.2, 0.25) is 10.1 Å². The molecule has 10 nitrogen and oxygen atoms in total. The zero-order valence-electron chi connectivity index (χ0n) is 23.3. The van der Waals surface area contributed by atoms with E-state index < -0.39 is 20.9 Å². The van der Waals surface area contributed by atoms with E-state index in [-0.39, 0.29) is 28.2 Å². The van der Waals surface area contributed by atoms with Crippen LogP contribution in [0.1, 0.15) is 58.1 Å². The SMILES string of the molecule is CO[C@H]1C2O[Si](C(C)(C)C)(C(C)(C)C)OC[C@H]2O[C@H]1n1cnc2c(N(C)C(=O)c3ccccc3)ncnc21. The third kappa shape index (κ3) is 4.17. The van der Waals surface area contributed by atoms with Crippen molar-refractivity contribution in [2.24, 2.45) is 0 Å². The second-order valence-corrected chi connectivity index (χ2v) is 16.8. The van der Waals surface area contributed by atoms with Gasteiger partial charge in [-0.15, -0.1) is 0 Å². The summed E-state index contributed by atoms with van der Waals surface area (Å²) in [6.07, 6.45) is 1.56. The molecule has 2 aliphatic rings. The number of benzene rings is 1. The summed E-state index contributed by atoms with van der Waals surface area (Å²) in [6.45, 7) is 13.6. The van der Waals surface area contributed by atoms with Crippen LogP contribution >= 0.6 is 0 Å². The molecule has 4 heterocycles. The van der Waals surface area contributed by atoms with Crippen molar-refractivity contribution in [3.8, 4) is 0 Å². The quantitative estimate of drug-likeness (QED) is 0.448. The van der Waals surface area contributed by atoms with E-state index in [9.17, 15) is 4.79 Å². The van der Waals surface area contributed by atoms with E-state index in [0.717, 1.165) is 0 Å². The second kappa shape index (κ2) is 9.49. The molecule has 0 spiro atoms. The molecule has 0 aliphatic carbocycles. The van der Waals surface area contributed by atoms with Gasteiger partial charge in [-0.3, -0.25) is 14.3 Å². The lowest BCUT2D eigenvalue weighted by Gasteiger charge is -2.53. The van der Waals surface area contributed by atoms with Gasteiger partial charge in [0.25, 0.3) is 5.91 Å². The van der Waals surface area contributed by atoms with Gasteiger partial charge in [-0.1, -0.05) is 59.7 Å². The molecule has 0 radical (unpaired) electrons. The molecule has 2 aliphatic heterocycles. The monoisotopic (exact) mass is 539 g/mol. The average molecular weight is 540 g/mol. The highest BCUT2D eigenvalue weighted by Gasteiger charge is 2.65. The number of aromatic nitrogens is 4. The molecule has 5 rings (SSSR count). The van der Waals surface area contributed by atoms with E-state index >= 15 is 0 Å². The Kier molecular flexibility index (Phi) is 6.71. The molecule has 11 heteroatoms. The maximum Gasteiger partial charge on any atom is 0.349 e. The first-order valence-corrected chi connectivity index (χ1v) is 14.7. The van der Waals surface area contributed by atoms with Gasteiger partial charge in [-0.25, -0.2) is 15.0 Å². The highest BCUT2D eigenvalue weighted by atomic mass is 28.4. The Bertz CT molecular complexity index is 1300. The number of carbonyl (C=O) groups is 1. The third-order valence-corrected chi connectivity index (χ3v) is 12.7. The minimum absolute atomic E-state index is 0.160. The Morgan fingerprint density at radius 2 is 1.76 bits per heavy atom. The van der Waals surface area contributed by atoms with Crippen LogP contribution in [0, 0.1) is 0 Å². The number of amides is 1. The van der Waals surface area contributed by atoms with Crippen LogP contribution in [0.5, 0.6) is 0 Å². The van der Waals surface area contributed by atoms with Crippen LogP contribution in [0.25, 0.3) is 11.2 Å². The highest BCUT2D eigenvalue weighted by Crippen LogP contribution is 2.56. The molecule has 3 aromatic rings. The smallest absolute Gasteiger partial charge is 0.349 e. The Balaban J connectivity index is 1.48. The molecule has 4 atom stereocenters. The van der Waals surface area contributed by atoms with Gasteiger partial charge in [0, 0.05) is 29.8 Å². The first kappa shape index (κ1) is 26.9. The minimum atomic E-state index is -2.72. The summed E-state index contributed by atoms with van der Waals surface area (Å²) in [5.41, 5.74) is 1.61. The number of nitrogens with zero attached hydrogens (tertiary/aromatic N) is 5. The molecule has 0 N–H and O–H groups in total. The number of imidazole rings is 1. The van der Waals surface area contributed by atoms with Gasteiger partial charge in [0.1, 0.15) is 24.6 Å². The molecule has 2 saturated heterocycles. The summed E-state index contributed by atoms with van der Waals surface area (Å²) in [5.74, 6) is 0.229. The zero-order valence-corrected chi connectivity index (χ0v) is 24.3. The summed E-state index contributed by atoms with van der Waals surface area (Å²) >= 11 is 0. The van der Waals surface area contributed by atoms with Crippen molar-refractivity contribution in [1.82, 2.24) is 19.5 Å². The zero-order chi connectivity index (χ0) is 27.5. The molecule has 2 fully saturated rings. The lowest BCUT2D eigenvalue weighted by molar-refractivity contribution is -0.0797. The standard InChI is InChI=1S/C27H37N5O5Si/c1-26(2,3)38(27(4,5)6)35-14-18-20(37-38)21(34-8)25(36-18)32-16-30-19-22(28-15-29-23(19)32)31(7)24(33)17-12-10-9-11-13-17/h9-13,15-16,18,20-21,25H,14H2,1-8H3/t18-,20?,21+,25-/m1/s1. The number of methoxy groups -OCH3 is 1. The van der Waals surface area contributed by atoms with Crippen molar-refractivity contribution in [3.63, 3.8) is 0 Å². The first-order chi connectivity index (χ1) is 17.9. The number of anilines is 1. The number of hydrogen-bond acceptors (Lipinski definition) is 8. The molecule has 204 valence electrons. The Morgan fingerprint density at radius 1 is 1.08 bits per heavy atom. The van der Waals surface area contributed by atoms with Crippen LogP contribution in [0.4, 0.5) is 5.82 Å². The lowest BCUT2D eigenvalue weighted by Crippen LogP contribution is -2.65. The fraction of sp³-hybridized carbons (Fsp3) is 0.556. The molecule has 1 unspecified atom stereocenters.